The second-order valence-corrected chi connectivity index (χ2v) is 9.20. The van der Waals surface area contributed by atoms with Crippen molar-refractivity contribution in [1.82, 2.24) is 9.62 Å². The topological polar surface area (TPSA) is 67.9 Å². The largest absolute Gasteiger partial charge is 0.495 e. The maximum atomic E-state index is 13.3. The van der Waals surface area contributed by atoms with E-state index in [0.29, 0.717) is 30.5 Å². The number of nitrogens with zero attached hydrogens (tertiary/aromatic N) is 1. The number of benzene rings is 1. The average molecular weight is 389 g/mol. The Balaban J connectivity index is 1.94. The highest BCUT2D eigenvalue weighted by Crippen LogP contribution is 2.45. The molecule has 0 aliphatic carbocycles. The first-order valence-electron chi connectivity index (χ1n) is 8.46. The van der Waals surface area contributed by atoms with Crippen LogP contribution in [0.15, 0.2) is 23.1 Å². The molecule has 2 aliphatic rings. The van der Waals surface area contributed by atoms with Gasteiger partial charge in [0.25, 0.3) is 0 Å². The van der Waals surface area contributed by atoms with Gasteiger partial charge in [0, 0.05) is 31.1 Å². The molecule has 1 aromatic rings. The maximum absolute atomic E-state index is 13.3. The monoisotopic (exact) mass is 388 g/mol. The lowest BCUT2D eigenvalue weighted by atomic mass is 9.71. The van der Waals surface area contributed by atoms with Crippen molar-refractivity contribution in [1.29, 1.82) is 0 Å². The van der Waals surface area contributed by atoms with Crippen molar-refractivity contribution < 1.29 is 17.9 Å². The van der Waals surface area contributed by atoms with Crippen LogP contribution in [0.4, 0.5) is 0 Å². The van der Waals surface area contributed by atoms with E-state index >= 15 is 0 Å². The van der Waals surface area contributed by atoms with E-state index in [1.165, 1.54) is 13.2 Å². The Morgan fingerprint density at radius 1 is 1.32 bits per heavy atom. The number of hydrogen-bond acceptors (Lipinski definition) is 5. The first-order valence-corrected chi connectivity index (χ1v) is 10.3. The predicted molar refractivity (Wildman–Crippen MR) is 96.7 cm³/mol. The number of hydrogen-bond donors (Lipinski definition) is 1. The third kappa shape index (κ3) is 3.53. The van der Waals surface area contributed by atoms with Crippen molar-refractivity contribution in [3.8, 4) is 5.75 Å². The lowest BCUT2D eigenvalue weighted by Crippen LogP contribution is -2.43. The second kappa shape index (κ2) is 7.40. The molecule has 0 saturated carbocycles. The second-order valence-electron chi connectivity index (χ2n) is 6.86. The molecule has 1 unspecified atom stereocenters. The van der Waals surface area contributed by atoms with Gasteiger partial charge < -0.3 is 14.8 Å². The van der Waals surface area contributed by atoms with E-state index in [1.54, 1.807) is 23.5 Å². The SMILES string of the molecule is COCC1CN(S(=O)(=O)c2cc(Cl)ccc2OC)CC12CCNCC2. The van der Waals surface area contributed by atoms with Gasteiger partial charge in [0.05, 0.1) is 13.7 Å². The molecule has 1 atom stereocenters. The molecule has 8 heteroatoms. The van der Waals surface area contributed by atoms with Gasteiger partial charge in [-0.1, -0.05) is 11.6 Å². The van der Waals surface area contributed by atoms with E-state index in [2.05, 4.69) is 5.32 Å². The molecule has 0 aromatic heterocycles. The Morgan fingerprint density at radius 2 is 2.04 bits per heavy atom. The molecule has 1 spiro atoms. The summed E-state index contributed by atoms with van der Waals surface area (Å²) in [5.41, 5.74) is -0.0276. The van der Waals surface area contributed by atoms with E-state index in [4.69, 9.17) is 21.1 Å². The molecule has 0 bridgehead atoms. The molecule has 0 amide bonds. The first-order chi connectivity index (χ1) is 11.9. The third-order valence-electron chi connectivity index (χ3n) is 5.49. The van der Waals surface area contributed by atoms with Crippen LogP contribution in [0.25, 0.3) is 0 Å². The van der Waals surface area contributed by atoms with Crippen molar-refractivity contribution in [2.45, 2.75) is 17.7 Å². The third-order valence-corrected chi connectivity index (χ3v) is 7.56. The van der Waals surface area contributed by atoms with E-state index in [1.807, 2.05) is 0 Å². The number of rotatable bonds is 5. The minimum absolute atomic E-state index is 0.0276. The first kappa shape index (κ1) is 18.9. The maximum Gasteiger partial charge on any atom is 0.246 e. The normalized spacial score (nSPS) is 23.9. The van der Waals surface area contributed by atoms with E-state index < -0.39 is 10.0 Å². The minimum Gasteiger partial charge on any atom is -0.495 e. The lowest BCUT2D eigenvalue weighted by Gasteiger charge is -2.38. The fourth-order valence-electron chi connectivity index (χ4n) is 4.08. The van der Waals surface area contributed by atoms with Gasteiger partial charge in [-0.25, -0.2) is 8.42 Å². The highest BCUT2D eigenvalue weighted by Gasteiger charge is 2.50. The van der Waals surface area contributed by atoms with E-state index in [9.17, 15) is 8.42 Å². The van der Waals surface area contributed by atoms with E-state index in [0.717, 1.165) is 25.9 Å². The van der Waals surface area contributed by atoms with Crippen LogP contribution < -0.4 is 10.1 Å². The zero-order chi connectivity index (χ0) is 18.1. The number of halogens is 1. The number of nitrogens with one attached hydrogen (secondary N) is 1. The number of sulfonamides is 1. The average Bonchev–Trinajstić information content (AvgIpc) is 2.94. The van der Waals surface area contributed by atoms with Gasteiger partial charge in [-0.05, 0) is 49.5 Å². The number of piperidine rings is 1. The molecule has 6 nitrogen and oxygen atoms in total. The molecule has 2 heterocycles. The smallest absolute Gasteiger partial charge is 0.246 e. The highest BCUT2D eigenvalue weighted by atomic mass is 35.5. The fraction of sp³-hybridized carbons (Fsp3) is 0.647. The van der Waals surface area contributed by atoms with Gasteiger partial charge >= 0.3 is 0 Å². The van der Waals surface area contributed by atoms with Crippen molar-refractivity contribution in [2.24, 2.45) is 11.3 Å². The van der Waals surface area contributed by atoms with Crippen LogP contribution >= 0.6 is 11.6 Å². The molecule has 140 valence electrons. The van der Waals surface area contributed by atoms with Crippen LogP contribution in [-0.4, -0.2) is 59.7 Å². The summed E-state index contributed by atoms with van der Waals surface area (Å²) < 4.78 is 38.8. The summed E-state index contributed by atoms with van der Waals surface area (Å²) in [7, 11) is -0.544. The molecular formula is C17H25ClN2O4S. The highest BCUT2D eigenvalue weighted by molar-refractivity contribution is 7.89. The lowest BCUT2D eigenvalue weighted by molar-refractivity contribution is 0.0718. The van der Waals surface area contributed by atoms with Crippen LogP contribution in [0, 0.1) is 11.3 Å². The molecule has 2 fully saturated rings. The van der Waals surface area contributed by atoms with Gasteiger partial charge in [-0.3, -0.25) is 0 Å². The minimum atomic E-state index is -3.68. The molecule has 2 aliphatic heterocycles. The summed E-state index contributed by atoms with van der Waals surface area (Å²) in [6.45, 7) is 3.37. The molecule has 3 rings (SSSR count). The molecule has 2 saturated heterocycles. The Bertz CT molecular complexity index is 719. The Labute approximate surface area is 154 Å². The molecule has 1 aromatic carbocycles. The van der Waals surface area contributed by atoms with Crippen LogP contribution in [-0.2, 0) is 14.8 Å². The van der Waals surface area contributed by atoms with Crippen LogP contribution in [0.3, 0.4) is 0 Å². The van der Waals surface area contributed by atoms with Crippen LogP contribution in [0.2, 0.25) is 5.02 Å². The summed E-state index contributed by atoms with van der Waals surface area (Å²) in [6, 6.07) is 4.69. The van der Waals surface area contributed by atoms with E-state index in [-0.39, 0.29) is 16.2 Å². The molecular weight excluding hydrogens is 364 g/mol. The molecule has 25 heavy (non-hydrogen) atoms. The summed E-state index contributed by atoms with van der Waals surface area (Å²) in [6.07, 6.45) is 1.92. The summed E-state index contributed by atoms with van der Waals surface area (Å²) in [4.78, 5) is 0.129. The van der Waals surface area contributed by atoms with Crippen LogP contribution in [0.1, 0.15) is 12.8 Å². The molecule has 1 N–H and O–H groups in total. The zero-order valence-corrected chi connectivity index (χ0v) is 16.2. The van der Waals surface area contributed by atoms with Gasteiger partial charge in [0.15, 0.2) is 0 Å². The Hall–Kier alpha value is -0.860. The van der Waals surface area contributed by atoms with Crippen LogP contribution in [0.5, 0.6) is 5.75 Å². The van der Waals surface area contributed by atoms with Gasteiger partial charge in [0.2, 0.25) is 10.0 Å². The molecule has 0 radical (unpaired) electrons. The van der Waals surface area contributed by atoms with Crippen molar-refractivity contribution >= 4 is 21.6 Å². The summed E-state index contributed by atoms with van der Waals surface area (Å²) >= 11 is 6.04. The van der Waals surface area contributed by atoms with Gasteiger partial charge in [-0.2, -0.15) is 4.31 Å². The van der Waals surface area contributed by atoms with Gasteiger partial charge in [-0.15, -0.1) is 0 Å². The summed E-state index contributed by atoms with van der Waals surface area (Å²) in [5.74, 6) is 0.513. The van der Waals surface area contributed by atoms with Gasteiger partial charge in [0.1, 0.15) is 10.6 Å². The summed E-state index contributed by atoms with van der Waals surface area (Å²) in [5, 5.41) is 3.74. The quantitative estimate of drug-likeness (QED) is 0.835. The Morgan fingerprint density at radius 3 is 2.68 bits per heavy atom. The van der Waals surface area contributed by atoms with Crippen molar-refractivity contribution in [3.63, 3.8) is 0 Å². The predicted octanol–water partition coefficient (Wildman–Crippen LogP) is 1.99. The zero-order valence-electron chi connectivity index (χ0n) is 14.6. The Kier molecular flexibility index (Phi) is 5.60. The van der Waals surface area contributed by atoms with Crippen molar-refractivity contribution in [3.05, 3.63) is 23.2 Å². The number of methoxy groups -OCH3 is 2. The standard InChI is InChI=1S/C17H25ClN2O4S/c1-23-11-13-10-20(12-17(13)5-7-19-8-6-17)25(21,22)16-9-14(18)3-4-15(16)24-2/h3-4,9,13,19H,5-8,10-12H2,1-2H3. The number of ether oxygens (including phenoxy) is 2. The fourth-order valence-corrected chi connectivity index (χ4v) is 6.08. The van der Waals surface area contributed by atoms with Crippen molar-refractivity contribution in [2.75, 3.05) is 47.0 Å².